The molecule has 1 aromatic carbocycles. The van der Waals surface area contributed by atoms with E-state index in [9.17, 15) is 9.18 Å². The first-order valence-corrected chi connectivity index (χ1v) is 3.87. The van der Waals surface area contributed by atoms with Crippen LogP contribution in [0.5, 0.6) is 0 Å². The Bertz CT molecular complexity index is 284. The minimum atomic E-state index is -0.481. The quantitative estimate of drug-likeness (QED) is 0.709. The first-order chi connectivity index (χ1) is 6.24. The lowest BCUT2D eigenvalue weighted by Gasteiger charge is -2.01. The van der Waals surface area contributed by atoms with Gasteiger partial charge in [0.15, 0.2) is 0 Å². The number of halogens is 1. The monoisotopic (exact) mass is 183 g/mol. The molecule has 0 saturated carbocycles. The summed E-state index contributed by atoms with van der Waals surface area (Å²) in [7, 11) is 0. The van der Waals surface area contributed by atoms with Gasteiger partial charge in [0, 0.05) is 6.54 Å². The second kappa shape index (κ2) is 4.57. The highest BCUT2D eigenvalue weighted by atomic mass is 19.1. The number of rotatable bonds is 3. The Balaban J connectivity index is 2.61. The molecule has 4 heteroatoms. The third-order valence-corrected chi connectivity index (χ3v) is 1.43. The molecule has 0 unspecified atom stereocenters. The highest BCUT2D eigenvalue weighted by Crippen LogP contribution is 2.03. The zero-order valence-electron chi connectivity index (χ0n) is 7.00. The van der Waals surface area contributed by atoms with Crippen LogP contribution in [0.25, 0.3) is 0 Å². The maximum Gasteiger partial charge on any atom is 0.338 e. The zero-order valence-corrected chi connectivity index (χ0v) is 7.00. The van der Waals surface area contributed by atoms with Crippen LogP contribution in [0.4, 0.5) is 4.39 Å². The number of benzene rings is 1. The van der Waals surface area contributed by atoms with Crippen LogP contribution < -0.4 is 5.73 Å². The maximum atomic E-state index is 12.4. The Hall–Kier alpha value is -1.42. The molecule has 0 radical (unpaired) electrons. The molecule has 0 heterocycles. The van der Waals surface area contributed by atoms with Crippen LogP contribution in [-0.4, -0.2) is 19.1 Å². The molecule has 0 bridgehead atoms. The van der Waals surface area contributed by atoms with Gasteiger partial charge in [-0.05, 0) is 24.3 Å². The molecule has 0 amide bonds. The molecule has 1 rings (SSSR count). The van der Waals surface area contributed by atoms with E-state index in [0.717, 1.165) is 0 Å². The van der Waals surface area contributed by atoms with Crippen LogP contribution in [0, 0.1) is 5.82 Å². The van der Waals surface area contributed by atoms with E-state index in [1.54, 1.807) is 0 Å². The van der Waals surface area contributed by atoms with Crippen molar-refractivity contribution in [1.29, 1.82) is 0 Å². The van der Waals surface area contributed by atoms with Gasteiger partial charge >= 0.3 is 5.97 Å². The standard InChI is InChI=1S/C9H10FNO2/c10-8-3-1-7(2-4-8)9(12)13-6-5-11/h1-4H,5-6,11H2. The van der Waals surface area contributed by atoms with Crippen LogP contribution in [-0.2, 0) is 4.74 Å². The molecule has 0 spiro atoms. The van der Waals surface area contributed by atoms with Crippen molar-refractivity contribution in [2.75, 3.05) is 13.2 Å². The smallest absolute Gasteiger partial charge is 0.338 e. The van der Waals surface area contributed by atoms with Gasteiger partial charge in [-0.2, -0.15) is 0 Å². The lowest BCUT2D eigenvalue weighted by atomic mass is 10.2. The van der Waals surface area contributed by atoms with Crippen LogP contribution in [0.2, 0.25) is 0 Å². The summed E-state index contributed by atoms with van der Waals surface area (Å²) >= 11 is 0. The summed E-state index contributed by atoms with van der Waals surface area (Å²) in [6.07, 6.45) is 0. The van der Waals surface area contributed by atoms with Crippen LogP contribution in [0.1, 0.15) is 10.4 Å². The fraction of sp³-hybridized carbons (Fsp3) is 0.222. The average Bonchev–Trinajstić information content (AvgIpc) is 2.15. The Kier molecular flexibility index (Phi) is 3.40. The molecule has 70 valence electrons. The average molecular weight is 183 g/mol. The van der Waals surface area contributed by atoms with Gasteiger partial charge in [-0.1, -0.05) is 0 Å². The molecule has 13 heavy (non-hydrogen) atoms. The van der Waals surface area contributed by atoms with Crippen LogP contribution in [0.15, 0.2) is 24.3 Å². The summed E-state index contributed by atoms with van der Waals surface area (Å²) in [6.45, 7) is 0.461. The van der Waals surface area contributed by atoms with Gasteiger partial charge in [-0.25, -0.2) is 9.18 Å². The van der Waals surface area contributed by atoms with E-state index in [-0.39, 0.29) is 19.0 Å². The van der Waals surface area contributed by atoms with E-state index < -0.39 is 5.97 Å². The van der Waals surface area contributed by atoms with Crippen molar-refractivity contribution in [3.8, 4) is 0 Å². The highest BCUT2D eigenvalue weighted by molar-refractivity contribution is 5.89. The zero-order chi connectivity index (χ0) is 9.68. The number of carbonyl (C=O) groups is 1. The second-order valence-corrected chi connectivity index (χ2v) is 2.43. The van der Waals surface area contributed by atoms with Crippen molar-refractivity contribution in [3.63, 3.8) is 0 Å². The van der Waals surface area contributed by atoms with Gasteiger partial charge < -0.3 is 10.5 Å². The molecular weight excluding hydrogens is 173 g/mol. The molecule has 0 fully saturated rings. The molecule has 3 nitrogen and oxygen atoms in total. The number of carbonyl (C=O) groups excluding carboxylic acids is 1. The van der Waals surface area contributed by atoms with E-state index in [0.29, 0.717) is 5.56 Å². The SMILES string of the molecule is NCCOC(=O)c1ccc(F)cc1. The van der Waals surface area contributed by atoms with Crippen molar-refractivity contribution in [2.24, 2.45) is 5.73 Å². The molecule has 1 aromatic rings. The highest BCUT2D eigenvalue weighted by Gasteiger charge is 2.05. The van der Waals surface area contributed by atoms with Gasteiger partial charge in [-0.15, -0.1) is 0 Å². The van der Waals surface area contributed by atoms with E-state index in [2.05, 4.69) is 0 Å². The van der Waals surface area contributed by atoms with Gasteiger partial charge in [0.1, 0.15) is 12.4 Å². The molecule has 0 aliphatic rings. The van der Waals surface area contributed by atoms with Gasteiger partial charge in [0.05, 0.1) is 5.56 Å². The summed E-state index contributed by atoms with van der Waals surface area (Å²) in [5, 5.41) is 0. The van der Waals surface area contributed by atoms with Gasteiger partial charge in [0.2, 0.25) is 0 Å². The predicted molar refractivity (Wildman–Crippen MR) is 45.7 cm³/mol. The summed E-state index contributed by atoms with van der Waals surface area (Å²) < 4.78 is 17.2. The Labute approximate surface area is 75.3 Å². The third kappa shape index (κ3) is 2.83. The van der Waals surface area contributed by atoms with Crippen molar-refractivity contribution >= 4 is 5.97 Å². The van der Waals surface area contributed by atoms with E-state index in [1.807, 2.05) is 0 Å². The molecule has 0 aromatic heterocycles. The number of hydrogen-bond donors (Lipinski definition) is 1. The van der Waals surface area contributed by atoms with Crippen molar-refractivity contribution in [3.05, 3.63) is 35.6 Å². The maximum absolute atomic E-state index is 12.4. The minimum absolute atomic E-state index is 0.177. The topological polar surface area (TPSA) is 52.3 Å². The molecule has 0 saturated heterocycles. The lowest BCUT2D eigenvalue weighted by molar-refractivity contribution is 0.0516. The fourth-order valence-electron chi connectivity index (χ4n) is 0.821. The first kappa shape index (κ1) is 9.67. The molecule has 0 atom stereocenters. The van der Waals surface area contributed by atoms with Gasteiger partial charge in [-0.3, -0.25) is 0 Å². The van der Waals surface area contributed by atoms with Crippen molar-refractivity contribution < 1.29 is 13.9 Å². The molecule has 0 aliphatic carbocycles. The lowest BCUT2D eigenvalue weighted by Crippen LogP contribution is -2.13. The molecule has 2 N–H and O–H groups in total. The van der Waals surface area contributed by atoms with Gasteiger partial charge in [0.25, 0.3) is 0 Å². The predicted octanol–water partition coefficient (Wildman–Crippen LogP) is 0.941. The minimum Gasteiger partial charge on any atom is -0.461 e. The fourth-order valence-corrected chi connectivity index (χ4v) is 0.821. The normalized spacial score (nSPS) is 9.69. The molecule has 0 aliphatic heterocycles. The van der Waals surface area contributed by atoms with E-state index >= 15 is 0 Å². The first-order valence-electron chi connectivity index (χ1n) is 3.87. The summed E-state index contributed by atoms with van der Waals surface area (Å²) in [4.78, 5) is 11.1. The second-order valence-electron chi connectivity index (χ2n) is 2.43. The number of nitrogens with two attached hydrogens (primary N) is 1. The Morgan fingerprint density at radius 2 is 2.00 bits per heavy atom. The summed E-state index contributed by atoms with van der Waals surface area (Å²) in [5.74, 6) is -0.860. The van der Waals surface area contributed by atoms with E-state index in [4.69, 9.17) is 10.5 Å². The van der Waals surface area contributed by atoms with Crippen molar-refractivity contribution in [2.45, 2.75) is 0 Å². The largest absolute Gasteiger partial charge is 0.461 e. The summed E-state index contributed by atoms with van der Waals surface area (Å²) in [6, 6.07) is 5.15. The number of esters is 1. The molecular formula is C9H10FNO2. The van der Waals surface area contributed by atoms with Crippen LogP contribution >= 0.6 is 0 Å². The Morgan fingerprint density at radius 1 is 1.38 bits per heavy atom. The van der Waals surface area contributed by atoms with Crippen LogP contribution in [0.3, 0.4) is 0 Å². The summed E-state index contributed by atoms with van der Waals surface area (Å²) in [5.41, 5.74) is 5.47. The Morgan fingerprint density at radius 3 is 2.54 bits per heavy atom. The third-order valence-electron chi connectivity index (χ3n) is 1.43. The number of hydrogen-bond acceptors (Lipinski definition) is 3. The van der Waals surface area contributed by atoms with E-state index in [1.165, 1.54) is 24.3 Å². The van der Waals surface area contributed by atoms with Crippen molar-refractivity contribution in [1.82, 2.24) is 0 Å². The number of ether oxygens (including phenoxy) is 1.